The van der Waals surface area contributed by atoms with Crippen LogP contribution in [0.2, 0.25) is 0 Å². The van der Waals surface area contributed by atoms with Gasteiger partial charge in [-0.2, -0.15) is 5.10 Å². The number of nitrogens with zero attached hydrogens (tertiary/aromatic N) is 1. The second-order valence-corrected chi connectivity index (χ2v) is 5.13. The van der Waals surface area contributed by atoms with Crippen molar-refractivity contribution in [3.05, 3.63) is 40.8 Å². The fourth-order valence-electron chi connectivity index (χ4n) is 1.20. The van der Waals surface area contributed by atoms with Gasteiger partial charge in [-0.3, -0.25) is 4.79 Å². The Balaban J connectivity index is 2.24. The molecule has 0 radical (unpaired) electrons. The number of nitrogens with one attached hydrogen (secondary N) is 1. The SMILES string of the molecule is CSC1=NNC(=O)/C(=C/c2ccccc2)S1. The molecule has 2 rings (SSSR count). The fourth-order valence-corrected chi connectivity index (χ4v) is 2.55. The zero-order valence-corrected chi connectivity index (χ0v) is 10.3. The zero-order valence-electron chi connectivity index (χ0n) is 8.64. The molecule has 0 aliphatic carbocycles. The molecule has 1 aromatic carbocycles. The maximum absolute atomic E-state index is 11.5. The van der Waals surface area contributed by atoms with E-state index in [-0.39, 0.29) is 5.91 Å². The molecule has 16 heavy (non-hydrogen) atoms. The summed E-state index contributed by atoms with van der Waals surface area (Å²) in [5, 5.41) is 3.92. The molecular weight excluding hydrogens is 240 g/mol. The van der Waals surface area contributed by atoms with Crippen molar-refractivity contribution in [3.63, 3.8) is 0 Å². The van der Waals surface area contributed by atoms with Gasteiger partial charge in [-0.15, -0.1) is 11.8 Å². The van der Waals surface area contributed by atoms with E-state index in [2.05, 4.69) is 10.5 Å². The predicted molar refractivity (Wildman–Crippen MR) is 71.1 cm³/mol. The van der Waals surface area contributed by atoms with Crippen LogP contribution in [0.5, 0.6) is 0 Å². The minimum Gasteiger partial charge on any atom is -0.267 e. The Labute approximate surface area is 102 Å². The number of carbonyl (C=O) groups excluding carboxylic acids is 1. The topological polar surface area (TPSA) is 41.5 Å². The molecule has 82 valence electrons. The smallest absolute Gasteiger partial charge is 0.267 e. The first-order valence-corrected chi connectivity index (χ1v) is 6.70. The van der Waals surface area contributed by atoms with Crippen molar-refractivity contribution in [2.45, 2.75) is 0 Å². The Bertz CT molecular complexity index is 454. The molecule has 1 amide bonds. The van der Waals surface area contributed by atoms with E-state index in [1.54, 1.807) is 0 Å². The second kappa shape index (κ2) is 5.23. The molecule has 0 atom stereocenters. The van der Waals surface area contributed by atoms with Crippen LogP contribution in [0.3, 0.4) is 0 Å². The average molecular weight is 250 g/mol. The highest BCUT2D eigenvalue weighted by molar-refractivity contribution is 8.40. The molecule has 1 aromatic rings. The normalized spacial score (nSPS) is 18.2. The van der Waals surface area contributed by atoms with E-state index < -0.39 is 0 Å². The van der Waals surface area contributed by atoms with E-state index in [1.807, 2.05) is 42.7 Å². The number of benzene rings is 1. The summed E-state index contributed by atoms with van der Waals surface area (Å²) < 4.78 is 0.849. The summed E-state index contributed by atoms with van der Waals surface area (Å²) in [6.07, 6.45) is 3.80. The van der Waals surface area contributed by atoms with Crippen molar-refractivity contribution >= 4 is 39.9 Å². The Morgan fingerprint density at radius 1 is 1.38 bits per heavy atom. The van der Waals surface area contributed by atoms with Crippen LogP contribution in [0.4, 0.5) is 0 Å². The molecule has 0 unspecified atom stereocenters. The van der Waals surface area contributed by atoms with Gasteiger partial charge in [0.15, 0.2) is 4.38 Å². The molecule has 1 N–H and O–H groups in total. The number of hydrogen-bond donors (Lipinski definition) is 1. The number of amides is 1. The summed E-state index contributed by atoms with van der Waals surface area (Å²) in [5.41, 5.74) is 3.51. The van der Waals surface area contributed by atoms with E-state index >= 15 is 0 Å². The van der Waals surface area contributed by atoms with Crippen molar-refractivity contribution in [1.29, 1.82) is 0 Å². The molecule has 3 nitrogen and oxygen atoms in total. The highest BCUT2D eigenvalue weighted by Crippen LogP contribution is 2.28. The molecular formula is C11H10N2OS2. The fraction of sp³-hybridized carbons (Fsp3) is 0.0909. The maximum atomic E-state index is 11.5. The van der Waals surface area contributed by atoms with Gasteiger partial charge < -0.3 is 0 Å². The third-order valence-electron chi connectivity index (χ3n) is 1.94. The number of hydrogen-bond acceptors (Lipinski definition) is 4. The highest BCUT2D eigenvalue weighted by atomic mass is 32.2. The Kier molecular flexibility index (Phi) is 3.69. The largest absolute Gasteiger partial charge is 0.278 e. The highest BCUT2D eigenvalue weighted by Gasteiger charge is 2.18. The average Bonchev–Trinajstić information content (AvgIpc) is 2.33. The number of rotatable bonds is 1. The lowest BCUT2D eigenvalue weighted by atomic mass is 10.2. The number of thioether (sulfide) groups is 2. The molecule has 1 aliphatic rings. The quantitative estimate of drug-likeness (QED) is 0.779. The molecule has 0 saturated heterocycles. The molecule has 1 aliphatic heterocycles. The predicted octanol–water partition coefficient (Wildman–Crippen LogP) is 2.52. The number of carbonyl (C=O) groups is 1. The summed E-state index contributed by atoms with van der Waals surface area (Å²) >= 11 is 2.92. The molecule has 0 bridgehead atoms. The van der Waals surface area contributed by atoms with Gasteiger partial charge in [0.05, 0.1) is 4.91 Å². The standard InChI is InChI=1S/C11H10N2OS2/c1-15-11-13-12-10(14)9(16-11)7-8-5-3-2-4-6-8/h2-7H,1H3,(H,12,14)/b9-7-. The van der Waals surface area contributed by atoms with Crippen LogP contribution in [0.1, 0.15) is 5.56 Å². The van der Waals surface area contributed by atoms with Crippen molar-refractivity contribution < 1.29 is 4.79 Å². The van der Waals surface area contributed by atoms with Crippen LogP contribution >= 0.6 is 23.5 Å². The van der Waals surface area contributed by atoms with Gasteiger partial charge in [0.25, 0.3) is 5.91 Å². The van der Waals surface area contributed by atoms with Crippen molar-refractivity contribution in [2.75, 3.05) is 6.26 Å². The van der Waals surface area contributed by atoms with Gasteiger partial charge in [0, 0.05) is 0 Å². The van der Waals surface area contributed by atoms with E-state index in [0.717, 1.165) is 9.94 Å². The van der Waals surface area contributed by atoms with Gasteiger partial charge in [0.2, 0.25) is 0 Å². The van der Waals surface area contributed by atoms with Crippen LogP contribution in [0.15, 0.2) is 40.3 Å². The van der Waals surface area contributed by atoms with Crippen molar-refractivity contribution in [3.8, 4) is 0 Å². The summed E-state index contributed by atoms with van der Waals surface area (Å²) in [7, 11) is 0. The lowest BCUT2D eigenvalue weighted by Crippen LogP contribution is -2.23. The third-order valence-corrected chi connectivity index (χ3v) is 3.92. The van der Waals surface area contributed by atoms with E-state index in [9.17, 15) is 4.79 Å². The van der Waals surface area contributed by atoms with Crippen LogP contribution in [0, 0.1) is 0 Å². The van der Waals surface area contributed by atoms with Gasteiger partial charge in [0.1, 0.15) is 0 Å². The van der Waals surface area contributed by atoms with E-state index in [1.165, 1.54) is 23.5 Å². The second-order valence-electron chi connectivity index (χ2n) is 3.04. The molecule has 1 heterocycles. The molecule has 0 aromatic heterocycles. The first kappa shape index (κ1) is 11.3. The molecule has 5 heteroatoms. The van der Waals surface area contributed by atoms with Crippen LogP contribution in [-0.4, -0.2) is 16.5 Å². The van der Waals surface area contributed by atoms with Crippen LogP contribution in [0.25, 0.3) is 6.08 Å². The Hall–Kier alpha value is -1.20. The summed E-state index contributed by atoms with van der Waals surface area (Å²) in [6, 6.07) is 9.77. The first-order valence-electron chi connectivity index (χ1n) is 4.66. The van der Waals surface area contributed by atoms with E-state index in [4.69, 9.17) is 0 Å². The lowest BCUT2D eigenvalue weighted by Gasteiger charge is -2.12. The van der Waals surface area contributed by atoms with Gasteiger partial charge in [-0.05, 0) is 17.9 Å². The molecule has 0 spiro atoms. The molecule has 0 saturated carbocycles. The van der Waals surface area contributed by atoms with Crippen LogP contribution in [-0.2, 0) is 4.79 Å². The van der Waals surface area contributed by atoms with Gasteiger partial charge in [-0.25, -0.2) is 5.43 Å². The molecule has 0 fully saturated rings. The zero-order chi connectivity index (χ0) is 11.4. The maximum Gasteiger partial charge on any atom is 0.278 e. The van der Waals surface area contributed by atoms with Crippen LogP contribution < -0.4 is 5.43 Å². The third kappa shape index (κ3) is 2.68. The first-order chi connectivity index (χ1) is 7.79. The van der Waals surface area contributed by atoms with Crippen molar-refractivity contribution in [1.82, 2.24) is 5.43 Å². The summed E-state index contributed by atoms with van der Waals surface area (Å²) in [5.74, 6) is -0.147. The monoisotopic (exact) mass is 250 g/mol. The summed E-state index contributed by atoms with van der Waals surface area (Å²) in [4.78, 5) is 12.2. The lowest BCUT2D eigenvalue weighted by molar-refractivity contribution is -0.116. The van der Waals surface area contributed by atoms with Crippen molar-refractivity contribution in [2.24, 2.45) is 5.10 Å². The summed E-state index contributed by atoms with van der Waals surface area (Å²) in [6.45, 7) is 0. The van der Waals surface area contributed by atoms with Gasteiger partial charge in [-0.1, -0.05) is 42.1 Å². The number of hydrazone groups is 1. The van der Waals surface area contributed by atoms with Gasteiger partial charge >= 0.3 is 0 Å². The van der Waals surface area contributed by atoms with E-state index in [0.29, 0.717) is 4.91 Å². The minimum absolute atomic E-state index is 0.147. The minimum atomic E-state index is -0.147. The Morgan fingerprint density at radius 3 is 2.81 bits per heavy atom. The Morgan fingerprint density at radius 2 is 2.12 bits per heavy atom.